The summed E-state index contributed by atoms with van der Waals surface area (Å²) in [6, 6.07) is 24.9. The first-order chi connectivity index (χ1) is 10.7. The Balaban J connectivity index is 1.75. The molecule has 0 heterocycles. The number of hydrogen-bond donors (Lipinski definition) is 0. The van der Waals surface area contributed by atoms with Crippen LogP contribution in [0.5, 0.6) is 5.75 Å². The highest BCUT2D eigenvalue weighted by Crippen LogP contribution is 2.20. The van der Waals surface area contributed by atoms with Crippen molar-refractivity contribution in [3.05, 3.63) is 90.0 Å². The van der Waals surface area contributed by atoms with E-state index in [1.165, 1.54) is 0 Å². The van der Waals surface area contributed by atoms with E-state index in [-0.39, 0.29) is 5.97 Å². The van der Waals surface area contributed by atoms with Gasteiger partial charge in [0.25, 0.3) is 0 Å². The van der Waals surface area contributed by atoms with Crippen molar-refractivity contribution < 1.29 is 9.53 Å². The molecule has 0 N–H and O–H groups in total. The number of hydrogen-bond acceptors (Lipinski definition) is 2. The van der Waals surface area contributed by atoms with E-state index in [0.717, 1.165) is 16.7 Å². The minimum Gasteiger partial charge on any atom is -0.423 e. The van der Waals surface area contributed by atoms with Crippen LogP contribution in [-0.2, 0) is 0 Å². The van der Waals surface area contributed by atoms with Crippen LogP contribution in [0.4, 0.5) is 0 Å². The molecule has 0 spiro atoms. The normalized spacial score (nSPS) is 10.2. The molecular formula is C20H16O2. The molecular weight excluding hydrogens is 272 g/mol. The number of aryl methyl sites for hydroxylation is 1. The molecule has 3 aromatic rings. The van der Waals surface area contributed by atoms with Gasteiger partial charge < -0.3 is 4.74 Å². The third kappa shape index (κ3) is 3.23. The first-order valence-electron chi connectivity index (χ1n) is 7.17. The minimum atomic E-state index is -0.344. The summed E-state index contributed by atoms with van der Waals surface area (Å²) >= 11 is 0. The minimum absolute atomic E-state index is 0.344. The van der Waals surface area contributed by atoms with E-state index >= 15 is 0 Å². The van der Waals surface area contributed by atoms with Crippen LogP contribution in [0, 0.1) is 6.92 Å². The van der Waals surface area contributed by atoms with Crippen molar-refractivity contribution in [3.63, 3.8) is 0 Å². The standard InChI is InChI=1S/C20H16O2/c1-15-7-13-19(14-8-15)22-20(21)18-11-9-17(10-12-18)16-5-3-2-4-6-16/h2-14H,1H3. The average Bonchev–Trinajstić information content (AvgIpc) is 2.58. The first kappa shape index (κ1) is 14.1. The fraction of sp³-hybridized carbons (Fsp3) is 0.0500. The predicted molar refractivity (Wildman–Crippen MR) is 88.0 cm³/mol. The lowest BCUT2D eigenvalue weighted by Gasteiger charge is -2.06. The van der Waals surface area contributed by atoms with Crippen LogP contribution in [0.2, 0.25) is 0 Å². The topological polar surface area (TPSA) is 26.3 Å². The van der Waals surface area contributed by atoms with E-state index in [4.69, 9.17) is 4.74 Å². The fourth-order valence-electron chi connectivity index (χ4n) is 2.20. The van der Waals surface area contributed by atoms with Crippen LogP contribution in [0.25, 0.3) is 11.1 Å². The van der Waals surface area contributed by atoms with Crippen molar-refractivity contribution >= 4 is 5.97 Å². The zero-order chi connectivity index (χ0) is 15.4. The molecule has 22 heavy (non-hydrogen) atoms. The first-order valence-corrected chi connectivity index (χ1v) is 7.17. The van der Waals surface area contributed by atoms with Crippen molar-refractivity contribution in [3.8, 4) is 16.9 Å². The third-order valence-corrected chi connectivity index (χ3v) is 3.46. The molecule has 3 aromatic carbocycles. The average molecular weight is 288 g/mol. The zero-order valence-electron chi connectivity index (χ0n) is 12.3. The summed E-state index contributed by atoms with van der Waals surface area (Å²) in [5, 5.41) is 0. The van der Waals surface area contributed by atoms with Crippen molar-refractivity contribution in [1.82, 2.24) is 0 Å². The number of rotatable bonds is 3. The monoisotopic (exact) mass is 288 g/mol. The summed E-state index contributed by atoms with van der Waals surface area (Å²) in [4.78, 5) is 12.1. The number of ether oxygens (including phenoxy) is 1. The maximum absolute atomic E-state index is 12.1. The van der Waals surface area contributed by atoms with Crippen molar-refractivity contribution in [2.24, 2.45) is 0 Å². The Morgan fingerprint density at radius 3 is 1.95 bits per heavy atom. The summed E-state index contributed by atoms with van der Waals surface area (Å²) in [7, 11) is 0. The molecule has 0 atom stereocenters. The summed E-state index contributed by atoms with van der Waals surface area (Å²) in [6.45, 7) is 1.99. The van der Waals surface area contributed by atoms with Crippen LogP contribution in [0.1, 0.15) is 15.9 Å². The molecule has 0 unspecified atom stereocenters. The summed E-state index contributed by atoms with van der Waals surface area (Å²) in [5.41, 5.74) is 3.88. The Labute approximate surface area is 130 Å². The number of benzene rings is 3. The Morgan fingerprint density at radius 2 is 1.32 bits per heavy atom. The van der Waals surface area contributed by atoms with E-state index in [1.54, 1.807) is 24.3 Å². The van der Waals surface area contributed by atoms with Crippen molar-refractivity contribution in [2.75, 3.05) is 0 Å². The van der Waals surface area contributed by atoms with Gasteiger partial charge >= 0.3 is 5.97 Å². The number of carbonyl (C=O) groups is 1. The molecule has 3 rings (SSSR count). The Hall–Kier alpha value is -2.87. The predicted octanol–water partition coefficient (Wildman–Crippen LogP) is 4.88. The van der Waals surface area contributed by atoms with Gasteiger partial charge in [0.1, 0.15) is 5.75 Å². The Morgan fingerprint density at radius 1 is 0.727 bits per heavy atom. The van der Waals surface area contributed by atoms with E-state index in [9.17, 15) is 4.79 Å². The van der Waals surface area contributed by atoms with Gasteiger partial charge in [0.15, 0.2) is 0 Å². The van der Waals surface area contributed by atoms with Crippen LogP contribution in [0.3, 0.4) is 0 Å². The highest BCUT2D eigenvalue weighted by molar-refractivity contribution is 5.91. The second-order valence-electron chi connectivity index (χ2n) is 5.15. The molecule has 0 radical (unpaired) electrons. The fourth-order valence-corrected chi connectivity index (χ4v) is 2.20. The lowest BCUT2D eigenvalue weighted by Crippen LogP contribution is -2.08. The third-order valence-electron chi connectivity index (χ3n) is 3.46. The van der Waals surface area contributed by atoms with Gasteiger partial charge in [0, 0.05) is 0 Å². The molecule has 0 aliphatic carbocycles. The molecule has 0 amide bonds. The second-order valence-corrected chi connectivity index (χ2v) is 5.15. The maximum Gasteiger partial charge on any atom is 0.343 e. The van der Waals surface area contributed by atoms with Gasteiger partial charge in [-0.05, 0) is 42.3 Å². The Bertz CT molecular complexity index is 757. The van der Waals surface area contributed by atoms with Crippen LogP contribution in [-0.4, -0.2) is 5.97 Å². The lowest BCUT2D eigenvalue weighted by molar-refractivity contribution is 0.0735. The highest BCUT2D eigenvalue weighted by Gasteiger charge is 2.08. The molecule has 0 aliphatic rings. The smallest absolute Gasteiger partial charge is 0.343 e. The maximum atomic E-state index is 12.1. The SMILES string of the molecule is Cc1ccc(OC(=O)c2ccc(-c3ccccc3)cc2)cc1. The Kier molecular flexibility index (Phi) is 4.01. The van der Waals surface area contributed by atoms with Gasteiger partial charge in [-0.2, -0.15) is 0 Å². The summed E-state index contributed by atoms with van der Waals surface area (Å²) < 4.78 is 5.36. The van der Waals surface area contributed by atoms with Gasteiger partial charge in [0.2, 0.25) is 0 Å². The highest BCUT2D eigenvalue weighted by atomic mass is 16.5. The molecule has 0 aliphatic heterocycles. The molecule has 0 bridgehead atoms. The molecule has 0 saturated heterocycles. The van der Waals surface area contributed by atoms with Gasteiger partial charge in [-0.15, -0.1) is 0 Å². The van der Waals surface area contributed by atoms with Gasteiger partial charge in [0.05, 0.1) is 5.56 Å². The van der Waals surface area contributed by atoms with E-state index < -0.39 is 0 Å². The summed E-state index contributed by atoms with van der Waals surface area (Å²) in [6.07, 6.45) is 0. The van der Waals surface area contributed by atoms with Gasteiger partial charge in [-0.25, -0.2) is 4.79 Å². The van der Waals surface area contributed by atoms with E-state index in [1.807, 2.05) is 61.5 Å². The van der Waals surface area contributed by atoms with E-state index in [0.29, 0.717) is 11.3 Å². The van der Waals surface area contributed by atoms with Crippen LogP contribution < -0.4 is 4.74 Å². The molecule has 0 aromatic heterocycles. The quantitative estimate of drug-likeness (QED) is 0.507. The molecule has 2 nitrogen and oxygen atoms in total. The van der Waals surface area contributed by atoms with Crippen LogP contribution >= 0.6 is 0 Å². The lowest BCUT2D eigenvalue weighted by atomic mass is 10.0. The summed E-state index contributed by atoms with van der Waals surface area (Å²) in [5.74, 6) is 0.214. The number of esters is 1. The molecule has 2 heteroatoms. The molecule has 108 valence electrons. The van der Waals surface area contributed by atoms with Crippen molar-refractivity contribution in [1.29, 1.82) is 0 Å². The molecule has 0 saturated carbocycles. The van der Waals surface area contributed by atoms with Gasteiger partial charge in [-0.1, -0.05) is 60.2 Å². The van der Waals surface area contributed by atoms with E-state index in [2.05, 4.69) is 0 Å². The second kappa shape index (κ2) is 6.27. The molecule has 0 fully saturated rings. The zero-order valence-corrected chi connectivity index (χ0v) is 12.3. The van der Waals surface area contributed by atoms with Gasteiger partial charge in [-0.3, -0.25) is 0 Å². The largest absolute Gasteiger partial charge is 0.423 e. The van der Waals surface area contributed by atoms with Crippen molar-refractivity contribution in [2.45, 2.75) is 6.92 Å². The number of carbonyl (C=O) groups excluding carboxylic acids is 1. The van der Waals surface area contributed by atoms with Crippen LogP contribution in [0.15, 0.2) is 78.9 Å².